The van der Waals surface area contributed by atoms with E-state index in [1.165, 1.54) is 11.3 Å². The zero-order valence-corrected chi connectivity index (χ0v) is 22.3. The number of alkyl halides is 3. The van der Waals surface area contributed by atoms with Crippen molar-refractivity contribution in [2.45, 2.75) is 57.6 Å². The second kappa shape index (κ2) is 11.7. The van der Waals surface area contributed by atoms with Crippen LogP contribution in [0.3, 0.4) is 0 Å². The van der Waals surface area contributed by atoms with Gasteiger partial charge in [0.2, 0.25) is 5.75 Å². The molecule has 1 saturated carbocycles. The van der Waals surface area contributed by atoms with Crippen LogP contribution in [0.5, 0.6) is 11.5 Å². The van der Waals surface area contributed by atoms with Crippen LogP contribution in [0.1, 0.15) is 49.7 Å². The summed E-state index contributed by atoms with van der Waals surface area (Å²) < 4.78 is 96.3. The average molecular weight is 581 g/mol. The summed E-state index contributed by atoms with van der Waals surface area (Å²) >= 11 is 1.37. The van der Waals surface area contributed by atoms with Crippen LogP contribution in [0.15, 0.2) is 54.6 Å². The molecule has 0 N–H and O–H groups in total. The van der Waals surface area contributed by atoms with Crippen LogP contribution in [0, 0.1) is 17.5 Å². The van der Waals surface area contributed by atoms with E-state index in [1.807, 2.05) is 37.3 Å². The van der Waals surface area contributed by atoms with Crippen molar-refractivity contribution in [3.05, 3.63) is 83.2 Å². The first-order valence-electron chi connectivity index (χ1n) is 12.9. The molecule has 1 aromatic heterocycles. The van der Waals surface area contributed by atoms with Crippen LogP contribution in [-0.4, -0.2) is 19.1 Å². The van der Waals surface area contributed by atoms with E-state index in [9.17, 15) is 22.0 Å². The standard InChI is InChI=1S/C30H26F6O3S/c1-2-37-22-11-12-23-26(15-22)40-29(27(23)33)19-5-3-17(4-6-19)16-38-21-9-7-18(8-10-21)20-13-24(31)28(25(32)14-20)39-30(34,35)36/h3-6,11-15,18,21H,2,7-10,16H2,1H3. The monoisotopic (exact) mass is 580 g/mol. The zero-order valence-electron chi connectivity index (χ0n) is 21.5. The lowest BCUT2D eigenvalue weighted by molar-refractivity contribution is -0.276. The lowest BCUT2D eigenvalue weighted by Gasteiger charge is -2.29. The van der Waals surface area contributed by atoms with Crippen LogP contribution < -0.4 is 9.47 Å². The molecule has 0 bridgehead atoms. The van der Waals surface area contributed by atoms with Gasteiger partial charge in [-0.25, -0.2) is 13.2 Å². The number of fused-ring (bicyclic) bond motifs is 1. The number of hydrogen-bond acceptors (Lipinski definition) is 4. The molecule has 212 valence electrons. The highest BCUT2D eigenvalue weighted by atomic mass is 32.1. The Hall–Kier alpha value is -3.24. The van der Waals surface area contributed by atoms with Crippen molar-refractivity contribution in [3.63, 3.8) is 0 Å². The molecule has 3 aromatic carbocycles. The normalized spacial score (nSPS) is 17.8. The summed E-state index contributed by atoms with van der Waals surface area (Å²) in [6.07, 6.45) is -2.79. The van der Waals surface area contributed by atoms with E-state index >= 15 is 4.39 Å². The van der Waals surface area contributed by atoms with Gasteiger partial charge in [-0.3, -0.25) is 0 Å². The topological polar surface area (TPSA) is 27.7 Å². The molecular formula is C30H26F6O3S. The fraction of sp³-hybridized carbons (Fsp3) is 0.333. The van der Waals surface area contributed by atoms with Gasteiger partial charge in [0.15, 0.2) is 11.6 Å². The minimum Gasteiger partial charge on any atom is -0.494 e. The summed E-state index contributed by atoms with van der Waals surface area (Å²) in [6.45, 7) is 2.79. The Morgan fingerprint density at radius 1 is 0.875 bits per heavy atom. The van der Waals surface area contributed by atoms with Gasteiger partial charge in [-0.05, 0) is 85.5 Å². The molecule has 0 saturated heterocycles. The van der Waals surface area contributed by atoms with Crippen molar-refractivity contribution < 1.29 is 40.6 Å². The van der Waals surface area contributed by atoms with Crippen LogP contribution >= 0.6 is 11.3 Å². The molecule has 1 heterocycles. The Morgan fingerprint density at radius 2 is 1.55 bits per heavy atom. The predicted molar refractivity (Wildman–Crippen MR) is 141 cm³/mol. The molecule has 4 aromatic rings. The lowest BCUT2D eigenvalue weighted by atomic mass is 9.82. The van der Waals surface area contributed by atoms with Crippen molar-refractivity contribution in [1.29, 1.82) is 0 Å². The maximum atomic E-state index is 15.1. The fourth-order valence-corrected chi connectivity index (χ4v) is 6.16. The number of thiophene rings is 1. The van der Waals surface area contributed by atoms with Gasteiger partial charge in [0.25, 0.3) is 0 Å². The largest absolute Gasteiger partial charge is 0.573 e. The van der Waals surface area contributed by atoms with Gasteiger partial charge in [0.1, 0.15) is 11.6 Å². The van der Waals surface area contributed by atoms with E-state index in [4.69, 9.17) is 9.47 Å². The first-order chi connectivity index (χ1) is 19.1. The summed E-state index contributed by atoms with van der Waals surface area (Å²) in [5.74, 6) is -3.93. The molecular weight excluding hydrogens is 554 g/mol. The van der Waals surface area contributed by atoms with Crippen molar-refractivity contribution in [2.75, 3.05) is 6.61 Å². The fourth-order valence-electron chi connectivity index (χ4n) is 5.05. The average Bonchev–Trinajstić information content (AvgIpc) is 3.25. The highest BCUT2D eigenvalue weighted by Crippen LogP contribution is 2.40. The molecule has 10 heteroatoms. The SMILES string of the molecule is CCOc1ccc2c(F)c(-c3ccc(COC4CCC(c5cc(F)c(OC(F)(F)F)c(F)c5)CC4)cc3)sc2c1. The number of hydrogen-bond donors (Lipinski definition) is 0. The highest BCUT2D eigenvalue weighted by Gasteiger charge is 2.34. The molecule has 1 fully saturated rings. The van der Waals surface area contributed by atoms with Crippen LogP contribution in [0.2, 0.25) is 0 Å². The van der Waals surface area contributed by atoms with Crippen LogP contribution in [-0.2, 0) is 11.3 Å². The second-order valence-electron chi connectivity index (χ2n) is 9.68. The van der Waals surface area contributed by atoms with Gasteiger partial charge >= 0.3 is 6.36 Å². The molecule has 5 rings (SSSR count). The Bertz CT molecular complexity index is 1450. The highest BCUT2D eigenvalue weighted by molar-refractivity contribution is 7.22. The number of ether oxygens (including phenoxy) is 3. The maximum Gasteiger partial charge on any atom is 0.573 e. The molecule has 1 aliphatic rings. The number of halogens is 6. The van der Waals surface area contributed by atoms with Gasteiger partial charge < -0.3 is 14.2 Å². The van der Waals surface area contributed by atoms with Crippen molar-refractivity contribution in [2.24, 2.45) is 0 Å². The Labute approximate surface area is 231 Å². The molecule has 0 aliphatic heterocycles. The third kappa shape index (κ3) is 6.39. The first-order valence-corrected chi connectivity index (χ1v) is 13.7. The molecule has 0 radical (unpaired) electrons. The Morgan fingerprint density at radius 3 is 2.17 bits per heavy atom. The van der Waals surface area contributed by atoms with Gasteiger partial charge in [-0.1, -0.05) is 24.3 Å². The molecule has 40 heavy (non-hydrogen) atoms. The van der Waals surface area contributed by atoms with Crippen LogP contribution in [0.4, 0.5) is 26.3 Å². The molecule has 0 spiro atoms. The van der Waals surface area contributed by atoms with Crippen LogP contribution in [0.25, 0.3) is 20.5 Å². The van der Waals surface area contributed by atoms with E-state index in [0.717, 1.165) is 28.0 Å². The minimum absolute atomic E-state index is 0.0574. The third-order valence-corrected chi connectivity index (χ3v) is 8.17. The summed E-state index contributed by atoms with van der Waals surface area (Å²) in [4.78, 5) is 0.556. The van der Waals surface area contributed by atoms with E-state index in [2.05, 4.69) is 4.74 Å². The molecule has 0 amide bonds. The van der Waals surface area contributed by atoms with E-state index in [0.29, 0.717) is 60.5 Å². The number of rotatable bonds is 8. The second-order valence-corrected chi connectivity index (χ2v) is 10.7. The van der Waals surface area contributed by atoms with Crippen molar-refractivity contribution in [3.8, 4) is 21.9 Å². The maximum absolute atomic E-state index is 15.1. The Kier molecular flexibility index (Phi) is 8.28. The quantitative estimate of drug-likeness (QED) is 0.194. The smallest absolute Gasteiger partial charge is 0.494 e. The molecule has 3 nitrogen and oxygen atoms in total. The molecule has 0 unspecified atom stereocenters. The van der Waals surface area contributed by atoms with Gasteiger partial charge in [0, 0.05) is 10.1 Å². The van der Waals surface area contributed by atoms with E-state index in [-0.39, 0.29) is 17.8 Å². The first kappa shape index (κ1) is 28.3. The van der Waals surface area contributed by atoms with Gasteiger partial charge in [-0.15, -0.1) is 24.5 Å². The molecule has 1 aliphatic carbocycles. The summed E-state index contributed by atoms with van der Waals surface area (Å²) in [5, 5.41) is 0.558. The summed E-state index contributed by atoms with van der Waals surface area (Å²) in [6, 6.07) is 14.7. The van der Waals surface area contributed by atoms with E-state index in [1.54, 1.807) is 12.1 Å². The van der Waals surface area contributed by atoms with Crippen molar-refractivity contribution in [1.82, 2.24) is 0 Å². The summed E-state index contributed by atoms with van der Waals surface area (Å²) in [5.41, 5.74) is 2.00. The zero-order chi connectivity index (χ0) is 28.4. The Balaban J connectivity index is 1.16. The van der Waals surface area contributed by atoms with E-state index < -0.39 is 23.7 Å². The minimum atomic E-state index is -5.18. The lowest BCUT2D eigenvalue weighted by Crippen LogP contribution is -2.21. The summed E-state index contributed by atoms with van der Waals surface area (Å²) in [7, 11) is 0. The van der Waals surface area contributed by atoms with Gasteiger partial charge in [0.05, 0.1) is 24.2 Å². The third-order valence-electron chi connectivity index (χ3n) is 7.00. The van der Waals surface area contributed by atoms with Gasteiger partial charge in [-0.2, -0.15) is 0 Å². The predicted octanol–water partition coefficient (Wildman–Crippen LogP) is 9.53. The molecule has 0 atom stereocenters. The van der Waals surface area contributed by atoms with Crippen molar-refractivity contribution >= 4 is 21.4 Å². The number of benzene rings is 3.